The third kappa shape index (κ3) is 4.95. The molecule has 2 N–H and O–H groups in total. The fourth-order valence-corrected chi connectivity index (χ4v) is 4.58. The topological polar surface area (TPSA) is 102 Å². The molecule has 2 aliphatic rings. The summed E-state index contributed by atoms with van der Waals surface area (Å²) < 4.78 is 5.78. The van der Waals surface area contributed by atoms with Gasteiger partial charge in [0.25, 0.3) is 0 Å². The van der Waals surface area contributed by atoms with Gasteiger partial charge in [-0.25, -0.2) is 14.0 Å². The first-order valence-electron chi connectivity index (χ1n) is 11.2. The number of β-amino-alcohol motifs (C(OH)–C–C–N with tert-alkyl or cyclic N) is 1. The van der Waals surface area contributed by atoms with E-state index in [9.17, 15) is 19.5 Å². The molecular formula is C24H27ClN4O5. The molecule has 2 aromatic carbocycles. The molecule has 4 rings (SSSR count). The first-order valence-corrected chi connectivity index (χ1v) is 11.5. The minimum atomic E-state index is -0.904. The van der Waals surface area contributed by atoms with Crippen LogP contribution in [0.4, 0.5) is 21.9 Å². The zero-order valence-corrected chi connectivity index (χ0v) is 19.6. The van der Waals surface area contributed by atoms with Crippen molar-refractivity contribution in [1.29, 1.82) is 0 Å². The summed E-state index contributed by atoms with van der Waals surface area (Å²) in [7, 11) is 1.32. The molecule has 0 spiro atoms. The van der Waals surface area contributed by atoms with Crippen LogP contribution in [-0.2, 0) is 9.53 Å². The number of esters is 1. The van der Waals surface area contributed by atoms with Crippen LogP contribution in [0, 0.1) is 0 Å². The summed E-state index contributed by atoms with van der Waals surface area (Å²) in [6, 6.07) is 12.1. The molecule has 3 amide bonds. The molecule has 0 aromatic heterocycles. The minimum Gasteiger partial charge on any atom is -0.465 e. The van der Waals surface area contributed by atoms with E-state index in [1.165, 1.54) is 12.0 Å². The molecule has 9 nitrogen and oxygen atoms in total. The third-order valence-corrected chi connectivity index (χ3v) is 6.44. The number of nitrogens with zero attached hydrogens (tertiary/aromatic N) is 3. The lowest BCUT2D eigenvalue weighted by Crippen LogP contribution is -2.47. The van der Waals surface area contributed by atoms with E-state index in [4.69, 9.17) is 16.5 Å². The highest BCUT2D eigenvalue weighted by molar-refractivity contribution is 6.36. The number of hydrogen-bond donors (Lipinski definition) is 2. The smallest absolute Gasteiger partial charge is 0.340 e. The van der Waals surface area contributed by atoms with Crippen molar-refractivity contribution in [3.05, 3.63) is 54.1 Å². The van der Waals surface area contributed by atoms with Crippen LogP contribution in [0.2, 0.25) is 0 Å². The summed E-state index contributed by atoms with van der Waals surface area (Å²) >= 11 is 6.27. The van der Waals surface area contributed by atoms with E-state index in [1.807, 2.05) is 0 Å². The quantitative estimate of drug-likeness (QED) is 0.497. The molecule has 0 bridgehead atoms. The number of aliphatic hydroxyl groups excluding tert-OH is 1. The van der Waals surface area contributed by atoms with Crippen molar-refractivity contribution >= 4 is 46.7 Å². The van der Waals surface area contributed by atoms with Gasteiger partial charge in [0.2, 0.25) is 5.91 Å². The van der Waals surface area contributed by atoms with Crippen LogP contribution in [0.1, 0.15) is 29.6 Å². The van der Waals surface area contributed by atoms with Gasteiger partial charge in [0.05, 0.1) is 35.8 Å². The fraction of sp³-hybridized carbons (Fsp3) is 0.375. The summed E-state index contributed by atoms with van der Waals surface area (Å²) in [5.74, 6) is -0.897. The van der Waals surface area contributed by atoms with Crippen LogP contribution in [-0.4, -0.2) is 66.8 Å². The molecule has 0 radical (unpaired) electrons. The molecule has 10 heteroatoms. The number of hydrogen-bond acceptors (Lipinski definition) is 6. The normalized spacial score (nSPS) is 19.7. The average Bonchev–Trinajstić information content (AvgIpc) is 3.53. The lowest BCUT2D eigenvalue weighted by atomic mass is 10.1. The van der Waals surface area contributed by atoms with Crippen molar-refractivity contribution in [3.8, 4) is 0 Å². The average molecular weight is 487 g/mol. The van der Waals surface area contributed by atoms with Gasteiger partial charge in [0.1, 0.15) is 6.04 Å². The van der Waals surface area contributed by atoms with E-state index >= 15 is 0 Å². The zero-order chi connectivity index (χ0) is 24.2. The van der Waals surface area contributed by atoms with E-state index in [-0.39, 0.29) is 13.0 Å². The Morgan fingerprint density at radius 3 is 2.50 bits per heavy atom. The van der Waals surface area contributed by atoms with Crippen LogP contribution in [0.3, 0.4) is 0 Å². The number of carbonyl (C=O) groups excluding carboxylic acids is 3. The maximum Gasteiger partial charge on any atom is 0.340 e. The third-order valence-electron chi connectivity index (χ3n) is 6.10. The largest absolute Gasteiger partial charge is 0.465 e. The van der Waals surface area contributed by atoms with Crippen molar-refractivity contribution in [2.24, 2.45) is 0 Å². The van der Waals surface area contributed by atoms with Crippen molar-refractivity contribution in [1.82, 2.24) is 4.90 Å². The van der Waals surface area contributed by atoms with Crippen molar-refractivity contribution in [3.63, 3.8) is 0 Å². The molecule has 2 fully saturated rings. The molecular weight excluding hydrogens is 460 g/mol. The van der Waals surface area contributed by atoms with Gasteiger partial charge in [-0.3, -0.25) is 4.79 Å². The van der Waals surface area contributed by atoms with Gasteiger partial charge in [-0.2, -0.15) is 0 Å². The second-order valence-electron chi connectivity index (χ2n) is 8.36. The Labute approximate surface area is 202 Å². The maximum absolute atomic E-state index is 13.3. The summed E-state index contributed by atoms with van der Waals surface area (Å²) in [6.07, 6.45) is 1.27. The number of anilines is 3. The summed E-state index contributed by atoms with van der Waals surface area (Å²) in [4.78, 5) is 41.8. The highest BCUT2D eigenvalue weighted by Gasteiger charge is 2.41. The SMILES string of the molecule is COC(=O)c1ccc(NC(=O)C2CC(O)CN2C(=O)N(Cl)c2ccccc2)c(N2CCCC2)c1. The van der Waals surface area contributed by atoms with E-state index in [0.29, 0.717) is 22.6 Å². The van der Waals surface area contributed by atoms with Gasteiger partial charge in [0.15, 0.2) is 0 Å². The molecule has 2 aromatic rings. The van der Waals surface area contributed by atoms with Crippen LogP contribution >= 0.6 is 11.8 Å². The number of urea groups is 1. The number of para-hydroxylation sites is 1. The van der Waals surface area contributed by atoms with Crippen molar-refractivity contribution in [2.45, 2.75) is 31.4 Å². The molecule has 34 heavy (non-hydrogen) atoms. The van der Waals surface area contributed by atoms with Crippen LogP contribution in [0.15, 0.2) is 48.5 Å². The first kappa shape index (κ1) is 23.8. The van der Waals surface area contributed by atoms with Gasteiger partial charge in [-0.1, -0.05) is 18.2 Å². The molecule has 0 saturated carbocycles. The predicted molar refractivity (Wildman–Crippen MR) is 129 cm³/mol. The van der Waals surface area contributed by atoms with E-state index < -0.39 is 30.1 Å². The number of rotatable bonds is 5. The number of benzene rings is 2. The number of carbonyl (C=O) groups is 3. The number of ether oxygens (including phenoxy) is 1. The lowest BCUT2D eigenvalue weighted by molar-refractivity contribution is -0.119. The summed E-state index contributed by atoms with van der Waals surface area (Å²) in [5.41, 5.74) is 2.09. The van der Waals surface area contributed by atoms with Crippen molar-refractivity contribution < 1.29 is 24.2 Å². The second kappa shape index (κ2) is 10.3. The predicted octanol–water partition coefficient (Wildman–Crippen LogP) is 3.23. The molecule has 180 valence electrons. The standard InChI is InChI=1S/C24H27ClN4O5/c1-34-23(32)16-9-10-19(20(13-16)27-11-5-6-12-27)26-22(31)21-14-18(30)15-28(21)24(33)29(25)17-7-3-2-4-8-17/h2-4,7-10,13,18,21,30H,5-6,11-12,14-15H2,1H3,(H,26,31). The Kier molecular flexibility index (Phi) is 7.23. The number of aliphatic hydroxyl groups is 1. The molecule has 2 heterocycles. The number of methoxy groups -OCH3 is 1. The van der Waals surface area contributed by atoms with Crippen LogP contribution in [0.5, 0.6) is 0 Å². The highest BCUT2D eigenvalue weighted by Crippen LogP contribution is 2.32. The number of amides is 3. The number of nitrogens with one attached hydrogen (secondary N) is 1. The van der Waals surface area contributed by atoms with Gasteiger partial charge < -0.3 is 25.0 Å². The Morgan fingerprint density at radius 2 is 1.82 bits per heavy atom. The van der Waals surface area contributed by atoms with Gasteiger partial charge in [-0.15, -0.1) is 0 Å². The lowest BCUT2D eigenvalue weighted by Gasteiger charge is -2.28. The molecule has 2 saturated heterocycles. The highest BCUT2D eigenvalue weighted by atomic mass is 35.5. The molecule has 2 aliphatic heterocycles. The van der Waals surface area contributed by atoms with E-state index in [0.717, 1.165) is 30.4 Å². The fourth-order valence-electron chi connectivity index (χ4n) is 4.37. The van der Waals surface area contributed by atoms with Gasteiger partial charge in [0, 0.05) is 37.8 Å². The Hall–Kier alpha value is -3.30. The van der Waals surface area contributed by atoms with Crippen LogP contribution < -0.4 is 14.6 Å². The monoisotopic (exact) mass is 486 g/mol. The Bertz CT molecular complexity index is 1060. The summed E-state index contributed by atoms with van der Waals surface area (Å²) in [6.45, 7) is 1.60. The minimum absolute atomic E-state index is 0.00671. The van der Waals surface area contributed by atoms with E-state index in [2.05, 4.69) is 10.2 Å². The maximum atomic E-state index is 13.3. The molecule has 2 atom stereocenters. The summed E-state index contributed by atoms with van der Waals surface area (Å²) in [5, 5.41) is 13.1. The Balaban J connectivity index is 1.56. The molecule has 2 unspecified atom stereocenters. The van der Waals surface area contributed by atoms with Gasteiger partial charge >= 0.3 is 12.0 Å². The number of halogens is 1. The Morgan fingerprint density at radius 1 is 1.12 bits per heavy atom. The first-order chi connectivity index (χ1) is 16.4. The van der Waals surface area contributed by atoms with Crippen LogP contribution in [0.25, 0.3) is 0 Å². The van der Waals surface area contributed by atoms with Crippen molar-refractivity contribution in [2.75, 3.05) is 41.4 Å². The number of likely N-dealkylation sites (tertiary alicyclic amines) is 1. The van der Waals surface area contributed by atoms with Gasteiger partial charge in [-0.05, 0) is 43.2 Å². The zero-order valence-electron chi connectivity index (χ0n) is 18.8. The second-order valence-corrected chi connectivity index (χ2v) is 8.70. The van der Waals surface area contributed by atoms with E-state index in [1.54, 1.807) is 48.5 Å². The molecule has 0 aliphatic carbocycles.